The predicted molar refractivity (Wildman–Crippen MR) is 131 cm³/mol. The first-order valence-corrected chi connectivity index (χ1v) is 11.9. The molecule has 10 heteroatoms. The average Bonchev–Trinajstić information content (AvgIpc) is 3.31. The minimum absolute atomic E-state index is 0. The van der Waals surface area contributed by atoms with Crippen molar-refractivity contribution in [3.8, 4) is 0 Å². The Labute approximate surface area is 194 Å². The van der Waals surface area contributed by atoms with Gasteiger partial charge in [-0.25, -0.2) is 13.4 Å². The van der Waals surface area contributed by atoms with Gasteiger partial charge in [-0.2, -0.15) is 0 Å². The number of halogens is 1. The minimum Gasteiger partial charge on any atom is -0.355 e. The van der Waals surface area contributed by atoms with Crippen LogP contribution < -0.4 is 14.9 Å². The van der Waals surface area contributed by atoms with Gasteiger partial charge in [-0.05, 0) is 24.0 Å². The van der Waals surface area contributed by atoms with Gasteiger partial charge in [0.1, 0.15) is 5.01 Å². The van der Waals surface area contributed by atoms with E-state index in [-0.39, 0.29) is 36.3 Å². The molecule has 1 aliphatic heterocycles. The van der Waals surface area contributed by atoms with Gasteiger partial charge in [0.15, 0.2) is 5.96 Å². The van der Waals surface area contributed by atoms with Crippen LogP contribution in [0, 0.1) is 0 Å². The third-order valence-corrected chi connectivity index (χ3v) is 7.26. The van der Waals surface area contributed by atoms with Gasteiger partial charge in [0.05, 0.1) is 23.7 Å². The fraction of sp³-hybridized carbons (Fsp3) is 0.474. The molecule has 0 spiro atoms. The maximum Gasteiger partial charge on any atom is 0.236 e. The Morgan fingerprint density at radius 2 is 2.07 bits per heavy atom. The lowest BCUT2D eigenvalue weighted by Gasteiger charge is -2.20. The lowest BCUT2D eigenvalue weighted by Crippen LogP contribution is -2.41. The van der Waals surface area contributed by atoms with Crippen molar-refractivity contribution in [1.82, 2.24) is 15.6 Å². The maximum atomic E-state index is 12.7. The van der Waals surface area contributed by atoms with E-state index in [9.17, 15) is 8.42 Å². The number of nitrogens with zero attached hydrogens (tertiary/aromatic N) is 3. The molecule has 1 aliphatic rings. The highest BCUT2D eigenvalue weighted by Gasteiger charge is 2.28. The molecule has 0 unspecified atom stereocenters. The number of guanidine groups is 1. The molecule has 2 heterocycles. The number of nitrogens with one attached hydrogen (secondary N) is 2. The summed E-state index contributed by atoms with van der Waals surface area (Å²) in [5, 5.41) is 9.32. The summed E-state index contributed by atoms with van der Waals surface area (Å²) >= 11 is 1.61. The molecule has 0 saturated carbocycles. The van der Waals surface area contributed by atoms with Crippen LogP contribution in [0.15, 0.2) is 34.6 Å². The Hall–Kier alpha value is -1.40. The highest BCUT2D eigenvalue weighted by atomic mass is 127. The summed E-state index contributed by atoms with van der Waals surface area (Å²) in [6.45, 7) is 5.59. The van der Waals surface area contributed by atoms with E-state index in [0.717, 1.165) is 28.4 Å². The summed E-state index contributed by atoms with van der Waals surface area (Å²) < 4.78 is 27.0. The van der Waals surface area contributed by atoms with Crippen molar-refractivity contribution in [2.24, 2.45) is 4.99 Å². The van der Waals surface area contributed by atoms with Gasteiger partial charge in [-0.1, -0.05) is 32.0 Å². The number of para-hydroxylation sites is 1. The first kappa shape index (κ1) is 23.9. The summed E-state index contributed by atoms with van der Waals surface area (Å²) in [5.74, 6) is 0.984. The molecule has 2 aromatic rings. The Kier molecular flexibility index (Phi) is 8.71. The summed E-state index contributed by atoms with van der Waals surface area (Å²) in [6, 6.07) is 7.67. The van der Waals surface area contributed by atoms with Crippen molar-refractivity contribution in [2.75, 3.05) is 30.2 Å². The Morgan fingerprint density at radius 3 is 2.76 bits per heavy atom. The smallest absolute Gasteiger partial charge is 0.236 e. The molecule has 2 N–H and O–H groups in total. The molecule has 3 rings (SSSR count). The van der Waals surface area contributed by atoms with Crippen molar-refractivity contribution in [3.63, 3.8) is 0 Å². The summed E-state index contributed by atoms with van der Waals surface area (Å²) in [4.78, 5) is 8.74. The predicted octanol–water partition coefficient (Wildman–Crippen LogP) is 2.94. The normalized spacial score (nSPS) is 13.9. The molecule has 0 saturated heterocycles. The van der Waals surface area contributed by atoms with Gasteiger partial charge < -0.3 is 10.6 Å². The van der Waals surface area contributed by atoms with Gasteiger partial charge in [0.25, 0.3) is 0 Å². The third-order valence-electron chi connectivity index (χ3n) is 4.62. The van der Waals surface area contributed by atoms with E-state index in [1.165, 1.54) is 4.31 Å². The highest BCUT2D eigenvalue weighted by Crippen LogP contribution is 2.29. The molecule has 7 nitrogen and oxygen atoms in total. The molecule has 29 heavy (non-hydrogen) atoms. The first-order chi connectivity index (χ1) is 13.4. The molecule has 1 aromatic heterocycles. The number of aromatic nitrogens is 1. The highest BCUT2D eigenvalue weighted by molar-refractivity contribution is 14.0. The Bertz CT molecular complexity index is 944. The SMILES string of the molecule is CN=C(NCCS(=O)(=O)N1CCc2ccccc21)NCc1nc(C(C)C)cs1.I. The van der Waals surface area contributed by atoms with Gasteiger partial charge in [-0.3, -0.25) is 9.30 Å². The minimum atomic E-state index is -3.37. The van der Waals surface area contributed by atoms with Crippen LogP contribution in [0.5, 0.6) is 0 Å². The van der Waals surface area contributed by atoms with Crippen molar-refractivity contribution in [2.45, 2.75) is 32.7 Å². The van der Waals surface area contributed by atoms with Crippen molar-refractivity contribution >= 4 is 57.0 Å². The fourth-order valence-corrected chi connectivity index (χ4v) is 5.38. The largest absolute Gasteiger partial charge is 0.355 e. The quantitative estimate of drug-likeness (QED) is 0.315. The molecule has 1 aromatic carbocycles. The molecule has 0 atom stereocenters. The van der Waals surface area contributed by atoms with Crippen LogP contribution in [-0.4, -0.2) is 45.3 Å². The average molecular weight is 550 g/mol. The molecule has 0 fully saturated rings. The number of rotatable bonds is 7. The number of sulfonamides is 1. The zero-order valence-electron chi connectivity index (χ0n) is 16.9. The Morgan fingerprint density at radius 1 is 1.31 bits per heavy atom. The monoisotopic (exact) mass is 549 g/mol. The molecule has 160 valence electrons. The van der Waals surface area contributed by atoms with E-state index in [0.29, 0.717) is 25.0 Å². The van der Waals surface area contributed by atoms with Crippen LogP contribution in [0.2, 0.25) is 0 Å². The van der Waals surface area contributed by atoms with Crippen molar-refractivity contribution < 1.29 is 8.42 Å². The number of thiazole rings is 1. The third kappa shape index (κ3) is 6.05. The number of aliphatic imine (C=N–C) groups is 1. The van der Waals surface area contributed by atoms with Crippen LogP contribution in [0.4, 0.5) is 5.69 Å². The number of anilines is 1. The first-order valence-electron chi connectivity index (χ1n) is 9.38. The second-order valence-corrected chi connectivity index (χ2v) is 9.90. The van der Waals surface area contributed by atoms with Gasteiger partial charge in [-0.15, -0.1) is 35.3 Å². The topological polar surface area (TPSA) is 86.7 Å². The van der Waals surface area contributed by atoms with E-state index >= 15 is 0 Å². The summed E-state index contributed by atoms with van der Waals surface area (Å²) in [7, 11) is -1.70. The second-order valence-electron chi connectivity index (χ2n) is 6.94. The maximum absolute atomic E-state index is 12.7. The molecule has 0 radical (unpaired) electrons. The lowest BCUT2D eigenvalue weighted by molar-refractivity contribution is 0.591. The summed E-state index contributed by atoms with van der Waals surface area (Å²) in [5.41, 5.74) is 2.97. The zero-order chi connectivity index (χ0) is 20.1. The van der Waals surface area contributed by atoms with E-state index in [2.05, 4.69) is 39.8 Å². The number of hydrogen-bond acceptors (Lipinski definition) is 5. The molecular weight excluding hydrogens is 521 g/mol. The van der Waals surface area contributed by atoms with Crippen LogP contribution in [0.25, 0.3) is 0 Å². The molecule has 0 bridgehead atoms. The van der Waals surface area contributed by atoms with Crippen molar-refractivity contribution in [1.29, 1.82) is 0 Å². The van der Waals surface area contributed by atoms with Crippen molar-refractivity contribution in [3.05, 3.63) is 45.9 Å². The number of hydrogen-bond donors (Lipinski definition) is 2. The number of fused-ring (bicyclic) bond motifs is 1. The molecule has 0 aliphatic carbocycles. The summed E-state index contributed by atoms with van der Waals surface area (Å²) in [6.07, 6.45) is 0.762. The van der Waals surface area contributed by atoms with E-state index in [1.54, 1.807) is 18.4 Å². The standard InChI is InChI=1S/C19H27N5O2S2.HI/c1-14(2)16-13-27-18(23-16)12-22-19(20-3)21-9-11-28(25,26)24-10-8-15-6-4-5-7-17(15)24;/h4-7,13-14H,8-12H2,1-3H3,(H2,20,21,22);1H. The molecule has 0 amide bonds. The van der Waals surface area contributed by atoms with Gasteiger partial charge in [0.2, 0.25) is 10.0 Å². The molecular formula is C19H28IN5O2S2. The van der Waals surface area contributed by atoms with E-state index < -0.39 is 10.0 Å². The van der Waals surface area contributed by atoms with Crippen LogP contribution in [0.1, 0.15) is 36.0 Å². The van der Waals surface area contributed by atoms with Gasteiger partial charge in [0, 0.05) is 25.5 Å². The van der Waals surface area contributed by atoms with E-state index in [1.807, 2.05) is 24.3 Å². The van der Waals surface area contributed by atoms with Crippen LogP contribution >= 0.6 is 35.3 Å². The fourth-order valence-electron chi connectivity index (χ4n) is 3.06. The number of benzene rings is 1. The van der Waals surface area contributed by atoms with Crippen LogP contribution in [-0.2, 0) is 23.0 Å². The van der Waals surface area contributed by atoms with Crippen LogP contribution in [0.3, 0.4) is 0 Å². The van der Waals surface area contributed by atoms with Gasteiger partial charge >= 0.3 is 0 Å². The second kappa shape index (κ2) is 10.6. The Balaban J connectivity index is 0.00000300. The lowest BCUT2D eigenvalue weighted by atomic mass is 10.2. The van der Waals surface area contributed by atoms with E-state index in [4.69, 9.17) is 0 Å². The zero-order valence-corrected chi connectivity index (χ0v) is 20.8.